The van der Waals surface area contributed by atoms with Gasteiger partial charge in [-0.25, -0.2) is 9.98 Å². The molecule has 26 heavy (non-hydrogen) atoms. The van der Waals surface area contributed by atoms with E-state index in [1.807, 2.05) is 13.1 Å². The molecule has 0 spiro atoms. The summed E-state index contributed by atoms with van der Waals surface area (Å²) in [6.45, 7) is 5.54. The summed E-state index contributed by atoms with van der Waals surface area (Å²) in [5.41, 5.74) is -0.136. The third-order valence-electron chi connectivity index (χ3n) is 3.60. The zero-order valence-corrected chi connectivity index (χ0v) is 15.7. The Labute approximate surface area is 155 Å². The number of rotatable bonds is 7. The topological polar surface area (TPSA) is 49.3 Å². The van der Waals surface area contributed by atoms with E-state index in [1.54, 1.807) is 17.4 Å². The summed E-state index contributed by atoms with van der Waals surface area (Å²) in [5.74, 6) is 0.581. The first-order valence-corrected chi connectivity index (χ1v) is 9.36. The molecule has 0 aliphatic rings. The third-order valence-corrected chi connectivity index (χ3v) is 4.80. The van der Waals surface area contributed by atoms with Gasteiger partial charge in [0.15, 0.2) is 5.96 Å². The lowest BCUT2D eigenvalue weighted by Gasteiger charge is -2.11. The molecule has 0 saturated carbocycles. The van der Waals surface area contributed by atoms with Crippen molar-refractivity contribution in [1.82, 2.24) is 15.6 Å². The molecule has 0 aliphatic carbocycles. The van der Waals surface area contributed by atoms with E-state index in [0.29, 0.717) is 24.6 Å². The van der Waals surface area contributed by atoms with Crippen LogP contribution in [-0.2, 0) is 25.6 Å². The number of benzene rings is 1. The summed E-state index contributed by atoms with van der Waals surface area (Å²) < 4.78 is 38.3. The van der Waals surface area contributed by atoms with Crippen LogP contribution in [0.4, 0.5) is 13.2 Å². The van der Waals surface area contributed by atoms with Gasteiger partial charge in [0.2, 0.25) is 0 Å². The molecule has 142 valence electrons. The zero-order valence-electron chi connectivity index (χ0n) is 14.9. The van der Waals surface area contributed by atoms with E-state index in [2.05, 4.69) is 27.5 Å². The Balaban J connectivity index is 1.93. The van der Waals surface area contributed by atoms with E-state index in [1.165, 1.54) is 10.9 Å². The lowest BCUT2D eigenvalue weighted by atomic mass is 10.1. The average molecular weight is 384 g/mol. The largest absolute Gasteiger partial charge is 0.416 e. The first-order chi connectivity index (χ1) is 12.4. The fourth-order valence-electron chi connectivity index (χ4n) is 2.27. The first-order valence-electron chi connectivity index (χ1n) is 8.54. The van der Waals surface area contributed by atoms with Gasteiger partial charge in [0.05, 0.1) is 17.1 Å². The van der Waals surface area contributed by atoms with Crippen molar-refractivity contribution in [2.45, 2.75) is 39.4 Å². The van der Waals surface area contributed by atoms with E-state index < -0.39 is 11.7 Å². The van der Waals surface area contributed by atoms with Crippen LogP contribution in [0.1, 0.15) is 34.9 Å². The molecule has 8 heteroatoms. The minimum atomic E-state index is -4.34. The number of hydrogen-bond acceptors (Lipinski definition) is 3. The Bertz CT molecular complexity index is 725. The van der Waals surface area contributed by atoms with Crippen LogP contribution in [-0.4, -0.2) is 24.0 Å². The molecule has 0 unspecified atom stereocenters. The maximum atomic E-state index is 12.8. The zero-order chi connectivity index (χ0) is 19.0. The van der Waals surface area contributed by atoms with Gasteiger partial charge in [0, 0.05) is 30.6 Å². The van der Waals surface area contributed by atoms with Crippen LogP contribution in [0.15, 0.2) is 35.5 Å². The summed E-state index contributed by atoms with van der Waals surface area (Å²) in [4.78, 5) is 9.99. The Morgan fingerprint density at radius 2 is 2.04 bits per heavy atom. The van der Waals surface area contributed by atoms with Crippen molar-refractivity contribution in [2.75, 3.05) is 13.1 Å². The number of aryl methyl sites for hydroxylation is 1. The maximum Gasteiger partial charge on any atom is 0.416 e. The lowest BCUT2D eigenvalue weighted by Crippen LogP contribution is -2.38. The van der Waals surface area contributed by atoms with Crippen LogP contribution in [0.25, 0.3) is 0 Å². The number of aromatic nitrogens is 1. The van der Waals surface area contributed by atoms with Gasteiger partial charge in [-0.1, -0.05) is 19.1 Å². The molecular weight excluding hydrogens is 361 g/mol. The molecule has 0 amide bonds. The fourth-order valence-corrected chi connectivity index (χ4v) is 3.13. The predicted molar refractivity (Wildman–Crippen MR) is 99.5 cm³/mol. The van der Waals surface area contributed by atoms with Crippen molar-refractivity contribution < 1.29 is 13.2 Å². The van der Waals surface area contributed by atoms with Gasteiger partial charge in [-0.15, -0.1) is 11.3 Å². The highest BCUT2D eigenvalue weighted by atomic mass is 32.1. The second kappa shape index (κ2) is 9.56. The first kappa shape index (κ1) is 20.2. The fraction of sp³-hybridized carbons (Fsp3) is 0.444. The number of alkyl halides is 3. The van der Waals surface area contributed by atoms with Crippen LogP contribution in [0.2, 0.25) is 0 Å². The van der Waals surface area contributed by atoms with Crippen LogP contribution in [0.5, 0.6) is 0 Å². The number of nitrogens with one attached hydrogen (secondary N) is 2. The molecular formula is C18H23F3N4S. The van der Waals surface area contributed by atoms with Gasteiger partial charge in [-0.05, 0) is 31.0 Å². The van der Waals surface area contributed by atoms with E-state index in [0.717, 1.165) is 30.0 Å². The molecule has 0 saturated heterocycles. The Morgan fingerprint density at radius 1 is 1.23 bits per heavy atom. The normalized spacial score (nSPS) is 12.3. The van der Waals surface area contributed by atoms with E-state index >= 15 is 0 Å². The highest BCUT2D eigenvalue weighted by molar-refractivity contribution is 7.11. The Kier molecular flexibility index (Phi) is 7.44. The summed E-state index contributed by atoms with van der Waals surface area (Å²) in [5, 5.41) is 7.35. The second-order valence-corrected chi connectivity index (χ2v) is 6.84. The summed E-state index contributed by atoms with van der Waals surface area (Å²) >= 11 is 1.69. The van der Waals surface area contributed by atoms with Gasteiger partial charge in [-0.2, -0.15) is 13.2 Å². The number of halogens is 3. The van der Waals surface area contributed by atoms with Crippen molar-refractivity contribution >= 4 is 17.3 Å². The van der Waals surface area contributed by atoms with E-state index in [-0.39, 0.29) is 6.54 Å². The number of thiazole rings is 1. The highest BCUT2D eigenvalue weighted by Crippen LogP contribution is 2.29. The molecule has 0 bridgehead atoms. The van der Waals surface area contributed by atoms with Crippen LogP contribution < -0.4 is 10.6 Å². The molecule has 1 aromatic heterocycles. The Morgan fingerprint density at radius 3 is 2.69 bits per heavy atom. The number of nitrogens with zero attached hydrogens (tertiary/aromatic N) is 2. The van der Waals surface area contributed by atoms with Crippen molar-refractivity contribution in [3.63, 3.8) is 0 Å². The molecule has 2 N–H and O–H groups in total. The predicted octanol–water partition coefficient (Wildman–Crippen LogP) is 4.02. The minimum Gasteiger partial charge on any atom is -0.357 e. The molecule has 0 fully saturated rings. The quantitative estimate of drug-likeness (QED) is 0.560. The molecule has 0 radical (unpaired) electrons. The Hall–Kier alpha value is -2.09. The standard InChI is InChI=1S/C18H23F3N4S/c1-3-15-12-24-16(26-15)8-9-23-17(22-4-2)25-11-13-6-5-7-14(10-13)18(19,20)21/h5-7,10,12H,3-4,8-9,11H2,1-2H3,(H2,22,23,25). The molecule has 4 nitrogen and oxygen atoms in total. The average Bonchev–Trinajstić information content (AvgIpc) is 3.07. The van der Waals surface area contributed by atoms with Crippen molar-refractivity contribution in [1.29, 1.82) is 0 Å². The molecule has 2 aromatic rings. The molecule has 1 aromatic carbocycles. The minimum absolute atomic E-state index is 0.177. The van der Waals surface area contributed by atoms with Gasteiger partial charge < -0.3 is 10.6 Å². The molecule has 0 atom stereocenters. The smallest absolute Gasteiger partial charge is 0.357 e. The van der Waals surface area contributed by atoms with Crippen LogP contribution in [0, 0.1) is 0 Å². The highest BCUT2D eigenvalue weighted by Gasteiger charge is 2.30. The van der Waals surface area contributed by atoms with Crippen LogP contribution in [0.3, 0.4) is 0 Å². The van der Waals surface area contributed by atoms with Crippen molar-refractivity contribution in [3.05, 3.63) is 51.5 Å². The number of hydrogen-bond donors (Lipinski definition) is 2. The lowest BCUT2D eigenvalue weighted by molar-refractivity contribution is -0.137. The van der Waals surface area contributed by atoms with E-state index in [9.17, 15) is 13.2 Å². The number of aliphatic imine (C=N–C) groups is 1. The van der Waals surface area contributed by atoms with Gasteiger partial charge in [-0.3, -0.25) is 0 Å². The maximum absolute atomic E-state index is 12.8. The van der Waals surface area contributed by atoms with Gasteiger partial charge in [0.1, 0.15) is 0 Å². The van der Waals surface area contributed by atoms with Crippen LogP contribution >= 0.6 is 11.3 Å². The summed E-state index contributed by atoms with van der Waals surface area (Å²) in [6, 6.07) is 5.25. The van der Waals surface area contributed by atoms with Crippen molar-refractivity contribution in [2.24, 2.45) is 4.99 Å². The van der Waals surface area contributed by atoms with Crippen molar-refractivity contribution in [3.8, 4) is 0 Å². The third kappa shape index (κ3) is 6.33. The second-order valence-electron chi connectivity index (χ2n) is 5.64. The van der Waals surface area contributed by atoms with Gasteiger partial charge >= 0.3 is 6.18 Å². The summed E-state index contributed by atoms with van der Waals surface area (Å²) in [7, 11) is 0. The monoisotopic (exact) mass is 384 g/mol. The SMILES string of the molecule is CCNC(=NCc1cccc(C(F)(F)F)c1)NCCc1ncc(CC)s1. The molecule has 1 heterocycles. The summed E-state index contributed by atoms with van der Waals surface area (Å²) in [6.07, 6.45) is -0.689. The van der Waals surface area contributed by atoms with E-state index in [4.69, 9.17) is 0 Å². The molecule has 2 rings (SSSR count). The number of guanidine groups is 1. The molecule has 0 aliphatic heterocycles. The van der Waals surface area contributed by atoms with Gasteiger partial charge in [0.25, 0.3) is 0 Å².